The average Bonchev–Trinajstić information content (AvgIpc) is 2.16. The molecule has 0 atom stereocenters. The van der Waals surface area contributed by atoms with Crippen LogP contribution in [0.25, 0.3) is 11.0 Å². The summed E-state index contributed by atoms with van der Waals surface area (Å²) in [5.41, 5.74) is 0.279. The third-order valence-corrected chi connectivity index (χ3v) is 2.52. The van der Waals surface area contributed by atoms with Crippen LogP contribution in [0.1, 0.15) is 5.56 Å². The second-order valence-corrected chi connectivity index (χ2v) is 3.39. The number of phenols is 1. The Kier molecular flexibility index (Phi) is 1.97. The van der Waals surface area contributed by atoms with Gasteiger partial charge in [-0.2, -0.15) is 0 Å². The molecule has 4 heteroatoms. The molecule has 0 spiro atoms. The van der Waals surface area contributed by atoms with Crippen LogP contribution in [0.15, 0.2) is 27.4 Å². The van der Waals surface area contributed by atoms with Crippen molar-refractivity contribution in [1.82, 2.24) is 0 Å². The molecule has 1 heterocycles. The quantitative estimate of drug-likeness (QED) is 0.680. The number of benzene rings is 1. The van der Waals surface area contributed by atoms with Gasteiger partial charge in [-0.3, -0.25) is 0 Å². The van der Waals surface area contributed by atoms with Crippen LogP contribution >= 0.6 is 11.6 Å². The molecule has 0 saturated heterocycles. The number of aromatic hydroxyl groups is 1. The van der Waals surface area contributed by atoms with E-state index >= 15 is 0 Å². The van der Waals surface area contributed by atoms with E-state index in [9.17, 15) is 9.90 Å². The summed E-state index contributed by atoms with van der Waals surface area (Å²) in [6.45, 7) is 1.58. The van der Waals surface area contributed by atoms with Gasteiger partial charge in [0.2, 0.25) is 0 Å². The molecule has 0 aliphatic heterocycles. The van der Waals surface area contributed by atoms with Crippen LogP contribution in [0.5, 0.6) is 5.75 Å². The summed E-state index contributed by atoms with van der Waals surface area (Å²) in [5, 5.41) is 10.1. The van der Waals surface area contributed by atoms with Crippen LogP contribution in [0, 0.1) is 6.92 Å². The Morgan fingerprint density at radius 1 is 1.43 bits per heavy atom. The smallest absolute Gasteiger partial charge is 0.340 e. The molecular weight excluding hydrogens is 204 g/mol. The van der Waals surface area contributed by atoms with E-state index in [4.69, 9.17) is 16.0 Å². The minimum absolute atomic E-state index is 0.0904. The number of hydrogen-bond acceptors (Lipinski definition) is 3. The lowest BCUT2D eigenvalue weighted by Gasteiger charge is -2.01. The standard InChI is InChI=1S/C10H7ClO3/c1-5-9(11)7-4-6(12)2-3-8(7)14-10(5)13/h2-4,12H,1H3. The Morgan fingerprint density at radius 3 is 2.86 bits per heavy atom. The SMILES string of the molecule is Cc1c(Cl)c2cc(O)ccc2oc1=O. The van der Waals surface area contributed by atoms with Gasteiger partial charge >= 0.3 is 5.63 Å². The molecule has 3 nitrogen and oxygen atoms in total. The molecule has 2 rings (SSSR count). The van der Waals surface area contributed by atoms with E-state index in [1.54, 1.807) is 6.92 Å². The number of rotatable bonds is 0. The molecular formula is C10H7ClO3. The Hall–Kier alpha value is -1.48. The second-order valence-electron chi connectivity index (χ2n) is 3.01. The predicted molar refractivity (Wildman–Crippen MR) is 53.9 cm³/mol. The molecule has 72 valence electrons. The summed E-state index contributed by atoms with van der Waals surface area (Å²) >= 11 is 5.93. The van der Waals surface area contributed by atoms with E-state index in [2.05, 4.69) is 0 Å². The maximum atomic E-state index is 11.2. The van der Waals surface area contributed by atoms with Crippen LogP contribution in [0.2, 0.25) is 5.02 Å². The zero-order valence-corrected chi connectivity index (χ0v) is 8.13. The van der Waals surface area contributed by atoms with E-state index in [-0.39, 0.29) is 5.75 Å². The van der Waals surface area contributed by atoms with Gasteiger partial charge in [0.1, 0.15) is 11.3 Å². The lowest BCUT2D eigenvalue weighted by Crippen LogP contribution is -2.03. The van der Waals surface area contributed by atoms with Gasteiger partial charge in [-0.05, 0) is 25.1 Å². The Bertz CT molecular complexity index is 557. The number of halogens is 1. The summed E-state index contributed by atoms with van der Waals surface area (Å²) in [5.74, 6) is 0.0904. The summed E-state index contributed by atoms with van der Waals surface area (Å²) in [6.07, 6.45) is 0. The first kappa shape index (κ1) is 9.09. The van der Waals surface area contributed by atoms with E-state index < -0.39 is 5.63 Å². The van der Waals surface area contributed by atoms with Crippen molar-refractivity contribution < 1.29 is 9.52 Å². The minimum Gasteiger partial charge on any atom is -0.508 e. The molecule has 0 radical (unpaired) electrons. The van der Waals surface area contributed by atoms with E-state index in [0.29, 0.717) is 21.6 Å². The maximum Gasteiger partial charge on any atom is 0.340 e. The molecule has 0 amide bonds. The van der Waals surface area contributed by atoms with Crippen LogP contribution < -0.4 is 5.63 Å². The average molecular weight is 211 g/mol. The first-order valence-corrected chi connectivity index (χ1v) is 4.39. The van der Waals surface area contributed by atoms with Crippen molar-refractivity contribution in [2.75, 3.05) is 0 Å². The van der Waals surface area contributed by atoms with Crippen molar-refractivity contribution >= 4 is 22.6 Å². The fraction of sp³-hybridized carbons (Fsp3) is 0.100. The summed E-state index contributed by atoms with van der Waals surface area (Å²) in [6, 6.07) is 4.42. The minimum atomic E-state index is -0.451. The van der Waals surface area contributed by atoms with Crippen LogP contribution in [-0.4, -0.2) is 5.11 Å². The molecule has 0 saturated carbocycles. The van der Waals surface area contributed by atoms with Gasteiger partial charge in [0.05, 0.1) is 10.6 Å². The van der Waals surface area contributed by atoms with Gasteiger partial charge in [-0.1, -0.05) is 11.6 Å². The van der Waals surface area contributed by atoms with Gasteiger partial charge in [-0.25, -0.2) is 4.79 Å². The van der Waals surface area contributed by atoms with Gasteiger partial charge < -0.3 is 9.52 Å². The molecule has 0 aliphatic carbocycles. The molecule has 0 unspecified atom stereocenters. The normalized spacial score (nSPS) is 10.7. The zero-order valence-electron chi connectivity index (χ0n) is 7.37. The molecule has 1 aromatic carbocycles. The van der Waals surface area contributed by atoms with Crippen molar-refractivity contribution in [1.29, 1.82) is 0 Å². The molecule has 1 N–H and O–H groups in total. The Balaban J connectivity index is 2.99. The van der Waals surface area contributed by atoms with Crippen molar-refractivity contribution in [3.8, 4) is 5.75 Å². The number of fused-ring (bicyclic) bond motifs is 1. The zero-order chi connectivity index (χ0) is 10.3. The molecule has 14 heavy (non-hydrogen) atoms. The Labute approximate surface area is 84.5 Å². The molecule has 1 aromatic heterocycles. The van der Waals surface area contributed by atoms with Crippen LogP contribution in [0.4, 0.5) is 0 Å². The second kappa shape index (κ2) is 3.03. The molecule has 0 aliphatic rings. The largest absolute Gasteiger partial charge is 0.508 e. The Morgan fingerprint density at radius 2 is 2.14 bits per heavy atom. The van der Waals surface area contributed by atoms with Crippen molar-refractivity contribution in [2.24, 2.45) is 0 Å². The highest BCUT2D eigenvalue weighted by Gasteiger charge is 2.08. The first-order chi connectivity index (χ1) is 6.59. The van der Waals surface area contributed by atoms with Crippen LogP contribution in [0.3, 0.4) is 0 Å². The summed E-state index contributed by atoms with van der Waals surface area (Å²) < 4.78 is 4.98. The van der Waals surface area contributed by atoms with Crippen molar-refractivity contribution in [3.05, 3.63) is 39.2 Å². The van der Waals surface area contributed by atoms with Crippen molar-refractivity contribution in [3.63, 3.8) is 0 Å². The summed E-state index contributed by atoms with van der Waals surface area (Å²) in [4.78, 5) is 11.2. The molecule has 0 bridgehead atoms. The summed E-state index contributed by atoms with van der Waals surface area (Å²) in [7, 11) is 0. The lowest BCUT2D eigenvalue weighted by atomic mass is 10.2. The lowest BCUT2D eigenvalue weighted by molar-refractivity contribution is 0.475. The van der Waals surface area contributed by atoms with Gasteiger partial charge in [0.15, 0.2) is 0 Å². The van der Waals surface area contributed by atoms with Crippen LogP contribution in [-0.2, 0) is 0 Å². The fourth-order valence-electron chi connectivity index (χ4n) is 1.25. The topological polar surface area (TPSA) is 50.4 Å². The van der Waals surface area contributed by atoms with E-state index in [1.807, 2.05) is 0 Å². The monoisotopic (exact) mass is 210 g/mol. The maximum absolute atomic E-state index is 11.2. The number of phenolic OH excluding ortho intramolecular Hbond substituents is 1. The number of hydrogen-bond donors (Lipinski definition) is 1. The fourth-order valence-corrected chi connectivity index (χ4v) is 1.47. The third-order valence-electron chi connectivity index (χ3n) is 2.04. The van der Waals surface area contributed by atoms with Crippen molar-refractivity contribution in [2.45, 2.75) is 6.92 Å². The van der Waals surface area contributed by atoms with Gasteiger partial charge in [0, 0.05) is 5.39 Å². The highest BCUT2D eigenvalue weighted by Crippen LogP contribution is 2.27. The predicted octanol–water partition coefficient (Wildman–Crippen LogP) is 2.46. The first-order valence-electron chi connectivity index (χ1n) is 4.01. The van der Waals surface area contributed by atoms with Gasteiger partial charge in [0.25, 0.3) is 0 Å². The third kappa shape index (κ3) is 1.26. The molecule has 0 fully saturated rings. The molecule has 2 aromatic rings. The highest BCUT2D eigenvalue weighted by atomic mass is 35.5. The van der Waals surface area contributed by atoms with E-state index in [1.165, 1.54) is 18.2 Å². The van der Waals surface area contributed by atoms with E-state index in [0.717, 1.165) is 0 Å². The van der Waals surface area contributed by atoms with Gasteiger partial charge in [-0.15, -0.1) is 0 Å². The highest BCUT2D eigenvalue weighted by molar-refractivity contribution is 6.35.